The van der Waals surface area contributed by atoms with Crippen molar-refractivity contribution in [2.24, 2.45) is 0 Å². The summed E-state index contributed by atoms with van der Waals surface area (Å²) in [6.07, 6.45) is 2.39. The minimum Gasteiger partial charge on any atom is -0.493 e. The smallest absolute Gasteiger partial charge is 0.120 e. The highest BCUT2D eigenvalue weighted by atomic mass is 32.1. The topological polar surface area (TPSA) is 46.4 Å². The number of fused-ring (bicyclic) bond motifs is 1. The summed E-state index contributed by atoms with van der Waals surface area (Å²) in [5, 5.41) is 15.1. The molecule has 0 saturated heterocycles. The molecule has 170 valence electrons. The average Bonchev–Trinajstić information content (AvgIpc) is 3.19. The first kappa shape index (κ1) is 25.5. The lowest BCUT2D eigenvalue weighted by Gasteiger charge is -2.26. The zero-order valence-electron chi connectivity index (χ0n) is 17.7. The number of aliphatic hydroxyl groups excluding tert-OH is 1. The monoisotopic (exact) mass is 450 g/mol. The first-order valence-corrected chi connectivity index (χ1v) is 10.4. The maximum atomic E-state index is 10.9. The van der Waals surface area contributed by atoms with Crippen LogP contribution in [-0.4, -0.2) is 36.0 Å². The number of hydrogen-bond acceptors (Lipinski definition) is 3. The first-order chi connectivity index (χ1) is 14.8. The highest BCUT2D eigenvalue weighted by Gasteiger charge is 2.23. The molecule has 2 atom stereocenters. The predicted molar refractivity (Wildman–Crippen MR) is 139 cm³/mol. The van der Waals surface area contributed by atoms with Gasteiger partial charge in [0.25, 0.3) is 0 Å². The van der Waals surface area contributed by atoms with E-state index < -0.39 is 6.10 Å². The number of nitrogens with zero attached hydrogens (tertiary/aromatic N) is 1. The van der Waals surface area contributed by atoms with Gasteiger partial charge in [-0.15, -0.1) is 0 Å². The van der Waals surface area contributed by atoms with Crippen molar-refractivity contribution < 1.29 is 9.84 Å². The number of hydrogen-bond donors (Lipinski definition) is 2. The van der Waals surface area contributed by atoms with Crippen LogP contribution < -0.4 is 10.1 Å². The standard InChI is InChI=1S/C26H28N2O2.CH4.H2S/c1-27-19-25(29)26(21-10-6-3-7-11-21)28-16-14-22-18-23(12-13-24(22)28)30-17-15-20-8-4-2-5-9-20;;/h2-14,16,18,25-27,29H,15,17,19H2,1H3;1H4;1H2/t25-,26+;;/m1../s1. The van der Waals surface area contributed by atoms with Crippen LogP contribution >= 0.6 is 13.5 Å². The molecule has 5 heteroatoms. The second-order valence-corrected chi connectivity index (χ2v) is 7.51. The third-order valence-corrected chi connectivity index (χ3v) is 5.41. The van der Waals surface area contributed by atoms with Gasteiger partial charge in [0.15, 0.2) is 0 Å². The summed E-state index contributed by atoms with van der Waals surface area (Å²) >= 11 is 0. The van der Waals surface area contributed by atoms with Gasteiger partial charge in [-0.25, -0.2) is 0 Å². The largest absolute Gasteiger partial charge is 0.493 e. The van der Waals surface area contributed by atoms with E-state index in [1.807, 2.05) is 37.4 Å². The number of aliphatic hydroxyl groups is 1. The fourth-order valence-corrected chi connectivity index (χ4v) is 3.95. The lowest BCUT2D eigenvalue weighted by atomic mass is 10.0. The Morgan fingerprint density at radius 1 is 0.938 bits per heavy atom. The molecule has 2 N–H and O–H groups in total. The molecule has 1 heterocycles. The minimum absolute atomic E-state index is 0. The molecule has 0 bridgehead atoms. The van der Waals surface area contributed by atoms with E-state index in [-0.39, 0.29) is 27.0 Å². The highest BCUT2D eigenvalue weighted by Crippen LogP contribution is 2.30. The molecule has 0 amide bonds. The zero-order valence-corrected chi connectivity index (χ0v) is 18.7. The van der Waals surface area contributed by atoms with Crippen LogP contribution in [0.3, 0.4) is 0 Å². The molecule has 0 radical (unpaired) electrons. The van der Waals surface area contributed by atoms with Crippen molar-refractivity contribution in [1.82, 2.24) is 9.88 Å². The van der Waals surface area contributed by atoms with Crippen LogP contribution in [0.5, 0.6) is 5.75 Å². The molecule has 0 spiro atoms. The summed E-state index contributed by atoms with van der Waals surface area (Å²) in [7, 11) is 1.86. The van der Waals surface area contributed by atoms with Gasteiger partial charge in [-0.3, -0.25) is 0 Å². The van der Waals surface area contributed by atoms with Crippen LogP contribution in [-0.2, 0) is 6.42 Å². The quantitative estimate of drug-likeness (QED) is 0.369. The molecular formula is C27H34N2O2S. The Bertz CT molecular complexity index is 1070. The molecule has 4 aromatic rings. The van der Waals surface area contributed by atoms with E-state index in [2.05, 4.69) is 70.7 Å². The Balaban J connectivity index is 0.00000181. The van der Waals surface area contributed by atoms with Gasteiger partial charge in [0.05, 0.1) is 18.8 Å². The molecule has 32 heavy (non-hydrogen) atoms. The van der Waals surface area contributed by atoms with Crippen LogP contribution in [0.2, 0.25) is 0 Å². The maximum absolute atomic E-state index is 10.9. The van der Waals surface area contributed by atoms with Crippen LogP contribution in [0.4, 0.5) is 0 Å². The minimum atomic E-state index is -0.546. The SMILES string of the molecule is C.CNC[C@@H](O)[C@H](c1ccccc1)n1ccc2cc(OCCc3ccccc3)ccc21.S. The van der Waals surface area contributed by atoms with E-state index in [1.165, 1.54) is 5.56 Å². The fraction of sp³-hybridized carbons (Fsp3) is 0.259. The molecule has 0 fully saturated rings. The molecule has 0 unspecified atom stereocenters. The highest BCUT2D eigenvalue weighted by molar-refractivity contribution is 7.59. The Kier molecular flexibility index (Phi) is 9.85. The van der Waals surface area contributed by atoms with Crippen molar-refractivity contribution in [1.29, 1.82) is 0 Å². The Morgan fingerprint density at radius 2 is 1.62 bits per heavy atom. The summed E-state index contributed by atoms with van der Waals surface area (Å²) in [5.41, 5.74) is 3.43. The fourth-order valence-electron chi connectivity index (χ4n) is 3.95. The van der Waals surface area contributed by atoms with Gasteiger partial charge >= 0.3 is 0 Å². The Hall–Kier alpha value is -2.73. The molecule has 0 aliphatic rings. The normalized spacial score (nSPS) is 12.4. The van der Waals surface area contributed by atoms with Crippen molar-refractivity contribution in [3.8, 4) is 5.75 Å². The van der Waals surface area contributed by atoms with Crippen LogP contribution in [0, 0.1) is 0 Å². The van der Waals surface area contributed by atoms with E-state index in [1.54, 1.807) is 0 Å². The second-order valence-electron chi connectivity index (χ2n) is 7.51. The van der Waals surface area contributed by atoms with E-state index in [9.17, 15) is 5.11 Å². The van der Waals surface area contributed by atoms with Crippen molar-refractivity contribution in [3.63, 3.8) is 0 Å². The average molecular weight is 451 g/mol. The van der Waals surface area contributed by atoms with Gasteiger partial charge in [0.2, 0.25) is 0 Å². The van der Waals surface area contributed by atoms with E-state index in [0.29, 0.717) is 13.2 Å². The summed E-state index contributed by atoms with van der Waals surface area (Å²) in [6, 6.07) is 28.6. The summed E-state index contributed by atoms with van der Waals surface area (Å²) in [5.74, 6) is 0.864. The summed E-state index contributed by atoms with van der Waals surface area (Å²) in [6.45, 7) is 1.16. The van der Waals surface area contributed by atoms with Gasteiger partial charge in [-0.2, -0.15) is 13.5 Å². The molecule has 0 saturated carbocycles. The predicted octanol–water partition coefficient (Wildman–Crippen LogP) is 5.18. The number of aromatic nitrogens is 1. The van der Waals surface area contributed by atoms with Crippen molar-refractivity contribution in [2.75, 3.05) is 20.2 Å². The molecule has 0 aliphatic carbocycles. The van der Waals surface area contributed by atoms with Crippen LogP contribution in [0.15, 0.2) is 91.1 Å². The van der Waals surface area contributed by atoms with Crippen molar-refractivity contribution in [3.05, 3.63) is 102 Å². The van der Waals surface area contributed by atoms with Crippen LogP contribution in [0.1, 0.15) is 24.6 Å². The number of nitrogens with one attached hydrogen (secondary N) is 1. The molecule has 1 aromatic heterocycles. The molecule has 4 rings (SSSR count). The van der Waals surface area contributed by atoms with Gasteiger partial charge in [-0.05, 0) is 42.4 Å². The van der Waals surface area contributed by atoms with E-state index >= 15 is 0 Å². The lowest BCUT2D eigenvalue weighted by Crippen LogP contribution is -2.33. The first-order valence-electron chi connectivity index (χ1n) is 10.4. The van der Waals surface area contributed by atoms with Gasteiger partial charge < -0.3 is 19.7 Å². The van der Waals surface area contributed by atoms with Crippen molar-refractivity contribution >= 4 is 24.4 Å². The number of likely N-dealkylation sites (N-methyl/N-ethyl adjacent to an activating group) is 1. The maximum Gasteiger partial charge on any atom is 0.120 e. The molecule has 0 aliphatic heterocycles. The number of rotatable bonds is 9. The summed E-state index contributed by atoms with van der Waals surface area (Å²) in [4.78, 5) is 0. The van der Waals surface area contributed by atoms with Crippen LogP contribution in [0.25, 0.3) is 10.9 Å². The summed E-state index contributed by atoms with van der Waals surface area (Å²) < 4.78 is 8.14. The lowest BCUT2D eigenvalue weighted by molar-refractivity contribution is 0.132. The number of ether oxygens (including phenoxy) is 1. The number of benzene rings is 3. The third-order valence-electron chi connectivity index (χ3n) is 5.41. The Labute approximate surface area is 198 Å². The van der Waals surface area contributed by atoms with Crippen molar-refractivity contribution in [2.45, 2.75) is 26.0 Å². The van der Waals surface area contributed by atoms with E-state index in [4.69, 9.17) is 4.74 Å². The Morgan fingerprint density at radius 3 is 2.31 bits per heavy atom. The van der Waals surface area contributed by atoms with Gasteiger partial charge in [0.1, 0.15) is 5.75 Å². The van der Waals surface area contributed by atoms with Gasteiger partial charge in [0, 0.05) is 30.1 Å². The molecule has 3 aromatic carbocycles. The zero-order chi connectivity index (χ0) is 20.8. The molecular weight excluding hydrogens is 416 g/mol. The molecule has 4 nitrogen and oxygen atoms in total. The van der Waals surface area contributed by atoms with E-state index in [0.717, 1.165) is 28.6 Å². The third kappa shape index (κ3) is 5.94. The van der Waals surface area contributed by atoms with Gasteiger partial charge in [-0.1, -0.05) is 68.1 Å². The second kappa shape index (κ2) is 12.3.